The molecule has 0 aromatic heterocycles. The third kappa shape index (κ3) is 6.86. The zero-order valence-corrected chi connectivity index (χ0v) is 23.4. The number of aliphatic carboxylic acids is 1. The number of halogens is 30. The fraction of sp³-hybridized carbons (Fsp3) is 0.800. The van der Waals surface area contributed by atoms with E-state index < -0.39 is 120 Å². The van der Waals surface area contributed by atoms with E-state index in [1.165, 1.54) is 0 Å². The summed E-state index contributed by atoms with van der Waals surface area (Å²) in [6.07, 6.45) is -27.6. The minimum absolute atomic E-state index is 1.99. The molecular formula is C20H6F30O4. The molecule has 0 saturated heterocycles. The maximum Gasteiger partial charge on any atom is 0.385 e. The number of carboxylic acids is 1. The van der Waals surface area contributed by atoms with Crippen molar-refractivity contribution in [1.82, 2.24) is 0 Å². The molecule has 0 aliphatic rings. The minimum atomic E-state index is -9.08. The number of hydrogen-bond acceptors (Lipinski definition) is 3. The number of hydrogen-bond donors (Lipinski definition) is 1. The van der Waals surface area contributed by atoms with Gasteiger partial charge in [0, 0.05) is 6.08 Å². The highest BCUT2D eigenvalue weighted by molar-refractivity contribution is 5.97. The predicted octanol–water partition coefficient (Wildman–Crippen LogP) is 9.33. The van der Waals surface area contributed by atoms with Gasteiger partial charge in [-0.2, -0.15) is 110 Å². The first-order valence-electron chi connectivity index (χ1n) is 11.7. The van der Waals surface area contributed by atoms with Crippen LogP contribution in [0.1, 0.15) is 0 Å². The molecule has 0 saturated carbocycles. The molecule has 0 spiro atoms. The molecule has 320 valence electrons. The molecule has 0 amide bonds. The predicted molar refractivity (Wildman–Crippen MR) is 103 cm³/mol. The summed E-state index contributed by atoms with van der Waals surface area (Å²) in [5, 5.41) is 8.35. The first kappa shape index (κ1) is 50.6. The van der Waals surface area contributed by atoms with Gasteiger partial charge in [0.25, 0.3) is 0 Å². The van der Waals surface area contributed by atoms with Crippen LogP contribution in [0.5, 0.6) is 0 Å². The lowest BCUT2D eigenvalue weighted by Gasteiger charge is -2.42. The molecule has 0 aromatic carbocycles. The average molecular weight is 880 g/mol. The highest BCUT2D eigenvalue weighted by Gasteiger charge is 2.94. The number of carbonyl (C=O) groups excluding carboxylic acids is 1. The average Bonchev–Trinajstić information content (AvgIpc) is 2.97. The van der Waals surface area contributed by atoms with Gasteiger partial charge in [-0.1, -0.05) is 0 Å². The molecule has 0 aliphatic carbocycles. The molecule has 54 heavy (non-hydrogen) atoms. The number of carboxylic acid groups (broad SMARTS) is 1. The van der Waals surface area contributed by atoms with Crippen molar-refractivity contribution >= 4 is 11.9 Å². The SMILES string of the molecule is O=C(O)C=C(C(=O)OC(F)C(F)(F)C(F)(F)C(F)(F)C(F)(F)C(F)(F)C(F)(F)C(F)F)C(F)C(F)(F)C(F)(F)C(F)(F)C(F)(F)C(F)(F)C(F)(F)C(F)F. The summed E-state index contributed by atoms with van der Waals surface area (Å²) in [6, 6.07) is 0. The van der Waals surface area contributed by atoms with Gasteiger partial charge in [0.15, 0.2) is 0 Å². The zero-order chi connectivity index (χ0) is 44.5. The van der Waals surface area contributed by atoms with Crippen molar-refractivity contribution in [2.24, 2.45) is 0 Å². The van der Waals surface area contributed by atoms with Gasteiger partial charge in [-0.05, 0) is 0 Å². The summed E-state index contributed by atoms with van der Waals surface area (Å²) in [6.45, 7) is 0. The quantitative estimate of drug-likeness (QED) is 0.0848. The Balaban J connectivity index is 7.19. The van der Waals surface area contributed by atoms with Crippen LogP contribution < -0.4 is 0 Å². The summed E-state index contributed by atoms with van der Waals surface area (Å²) >= 11 is 0. The van der Waals surface area contributed by atoms with Crippen LogP contribution in [0.4, 0.5) is 132 Å². The molecule has 0 heterocycles. The van der Waals surface area contributed by atoms with E-state index in [2.05, 4.69) is 4.74 Å². The number of alkyl halides is 30. The van der Waals surface area contributed by atoms with Crippen molar-refractivity contribution in [2.45, 2.75) is 96.5 Å². The van der Waals surface area contributed by atoms with Crippen LogP contribution in [-0.2, 0) is 14.3 Å². The normalized spacial score (nSPS) is 17.2. The highest BCUT2D eigenvalue weighted by Crippen LogP contribution is 2.63. The lowest BCUT2D eigenvalue weighted by atomic mass is 9.88. The lowest BCUT2D eigenvalue weighted by Crippen LogP contribution is -2.73. The van der Waals surface area contributed by atoms with Crippen LogP contribution in [-0.4, -0.2) is 113 Å². The molecule has 2 atom stereocenters. The topological polar surface area (TPSA) is 63.6 Å². The number of ether oxygens (including phenoxy) is 1. The summed E-state index contributed by atoms with van der Waals surface area (Å²) in [5.74, 6) is -112. The Kier molecular flexibility index (Phi) is 13.1. The number of esters is 1. The van der Waals surface area contributed by atoms with Gasteiger partial charge in [0.2, 0.25) is 6.17 Å². The minimum Gasteiger partial charge on any atom is -0.478 e. The molecule has 1 N–H and O–H groups in total. The molecule has 0 bridgehead atoms. The van der Waals surface area contributed by atoms with Gasteiger partial charge in [-0.15, -0.1) is 0 Å². The van der Waals surface area contributed by atoms with Gasteiger partial charge in [0.05, 0.1) is 5.57 Å². The van der Waals surface area contributed by atoms with Gasteiger partial charge in [-0.3, -0.25) is 0 Å². The Bertz CT molecular complexity index is 1410. The van der Waals surface area contributed by atoms with Crippen LogP contribution in [0, 0.1) is 0 Å². The van der Waals surface area contributed by atoms with Crippen LogP contribution in [0.15, 0.2) is 11.6 Å². The van der Waals surface area contributed by atoms with Crippen LogP contribution >= 0.6 is 0 Å². The molecule has 0 aliphatic heterocycles. The summed E-state index contributed by atoms with van der Waals surface area (Å²) in [5.41, 5.74) is -4.17. The third-order valence-electron chi connectivity index (χ3n) is 6.19. The standard InChI is InChI=1S/C20H6F30O4/c21-4(9(27,28)13(35,36)17(43,44)18(45,46)14(37,38)10(29,30)6(22)23)2(1-3(51)52)5(53)54-8(26)12(33,34)16(41,42)20(49,50)19(47,48)15(39,40)11(31,32)7(24)25/h1,4,6-8H,(H,51,52). The van der Waals surface area contributed by atoms with Crippen molar-refractivity contribution in [3.63, 3.8) is 0 Å². The molecule has 0 rings (SSSR count). The van der Waals surface area contributed by atoms with Crippen molar-refractivity contribution in [1.29, 1.82) is 0 Å². The molecule has 0 radical (unpaired) electrons. The third-order valence-corrected chi connectivity index (χ3v) is 6.19. The van der Waals surface area contributed by atoms with Crippen molar-refractivity contribution < 1.29 is 151 Å². The summed E-state index contributed by atoms with van der Waals surface area (Å²) in [7, 11) is 0. The van der Waals surface area contributed by atoms with E-state index in [4.69, 9.17) is 5.11 Å². The van der Waals surface area contributed by atoms with Gasteiger partial charge >= 0.3 is 102 Å². The Morgan fingerprint density at radius 3 is 0.889 bits per heavy atom. The number of rotatable bonds is 18. The van der Waals surface area contributed by atoms with E-state index >= 15 is 0 Å². The fourth-order valence-corrected chi connectivity index (χ4v) is 3.00. The Morgan fingerprint density at radius 2 is 0.648 bits per heavy atom. The molecule has 2 unspecified atom stereocenters. The van der Waals surface area contributed by atoms with Crippen LogP contribution in [0.3, 0.4) is 0 Å². The van der Waals surface area contributed by atoms with E-state index in [0.717, 1.165) is 0 Å². The molecule has 4 nitrogen and oxygen atoms in total. The first-order chi connectivity index (χ1) is 23.2. The Hall–Kier alpha value is -3.42. The second-order valence-corrected chi connectivity index (χ2v) is 9.71. The maximum absolute atomic E-state index is 14.4. The Morgan fingerprint density at radius 1 is 0.407 bits per heavy atom. The van der Waals surface area contributed by atoms with Gasteiger partial charge in [-0.25, -0.2) is 31.5 Å². The maximum atomic E-state index is 14.4. The molecule has 34 heteroatoms. The van der Waals surface area contributed by atoms with E-state index in [0.29, 0.717) is 0 Å². The first-order valence-corrected chi connectivity index (χ1v) is 11.7. The van der Waals surface area contributed by atoms with E-state index in [9.17, 15) is 141 Å². The highest BCUT2D eigenvalue weighted by atomic mass is 19.4. The molecule has 0 aromatic rings. The summed E-state index contributed by atoms with van der Waals surface area (Å²) in [4.78, 5) is 22.3. The van der Waals surface area contributed by atoms with E-state index in [-0.39, 0.29) is 0 Å². The van der Waals surface area contributed by atoms with E-state index in [1.807, 2.05) is 0 Å². The molecular weight excluding hydrogens is 874 g/mol. The van der Waals surface area contributed by atoms with Crippen molar-refractivity contribution in [2.75, 3.05) is 0 Å². The second kappa shape index (κ2) is 14.0. The largest absolute Gasteiger partial charge is 0.478 e. The van der Waals surface area contributed by atoms with Crippen LogP contribution in [0.25, 0.3) is 0 Å². The Labute approximate surface area is 272 Å². The monoisotopic (exact) mass is 880 g/mol. The van der Waals surface area contributed by atoms with Crippen LogP contribution in [0.2, 0.25) is 0 Å². The zero-order valence-electron chi connectivity index (χ0n) is 23.4. The smallest absolute Gasteiger partial charge is 0.385 e. The van der Waals surface area contributed by atoms with Crippen molar-refractivity contribution in [3.05, 3.63) is 11.6 Å². The second-order valence-electron chi connectivity index (χ2n) is 9.71. The number of carbonyl (C=O) groups is 2. The van der Waals surface area contributed by atoms with Crippen molar-refractivity contribution in [3.8, 4) is 0 Å². The lowest BCUT2D eigenvalue weighted by molar-refractivity contribution is -0.441. The summed E-state index contributed by atoms with van der Waals surface area (Å²) < 4.78 is 404. The fourth-order valence-electron chi connectivity index (χ4n) is 3.00. The van der Waals surface area contributed by atoms with E-state index in [1.54, 1.807) is 0 Å². The van der Waals surface area contributed by atoms with Gasteiger partial charge in [0.1, 0.15) is 0 Å². The molecule has 0 fully saturated rings. The van der Waals surface area contributed by atoms with Gasteiger partial charge < -0.3 is 9.84 Å².